The maximum Gasteiger partial charge on any atom is 0.279 e. The van der Waals surface area contributed by atoms with E-state index in [1.165, 1.54) is 17.7 Å². The number of fused-ring (bicyclic) bond motifs is 1. The molecule has 5 rings (SSSR count). The molecule has 4 aromatic rings. The summed E-state index contributed by atoms with van der Waals surface area (Å²) in [5.74, 6) is 0.890. The Hall–Kier alpha value is -3.93. The van der Waals surface area contributed by atoms with E-state index >= 15 is 0 Å². The minimum Gasteiger partial charge on any atom is -0.480 e. The molecule has 1 aromatic carbocycles. The first-order valence-corrected chi connectivity index (χ1v) is 13.5. The molecule has 0 aliphatic carbocycles. The van der Waals surface area contributed by atoms with Gasteiger partial charge in [0.05, 0.1) is 36.7 Å². The topological polar surface area (TPSA) is 108 Å². The quantitative estimate of drug-likeness (QED) is 0.294. The number of anilines is 2. The van der Waals surface area contributed by atoms with Crippen LogP contribution in [0.25, 0.3) is 11.4 Å². The monoisotopic (exact) mass is 597 g/mol. The van der Waals surface area contributed by atoms with Gasteiger partial charge in [0.1, 0.15) is 16.9 Å². The van der Waals surface area contributed by atoms with Gasteiger partial charge in [-0.1, -0.05) is 35.3 Å². The van der Waals surface area contributed by atoms with Gasteiger partial charge in [-0.2, -0.15) is 4.98 Å². The second-order valence-electron chi connectivity index (χ2n) is 9.92. The fourth-order valence-corrected chi connectivity index (χ4v) is 5.43. The Balaban J connectivity index is 1.80. The van der Waals surface area contributed by atoms with Crippen LogP contribution in [0.1, 0.15) is 40.8 Å². The number of carbonyl (C=O) groups is 1. The van der Waals surface area contributed by atoms with Crippen LogP contribution >= 0.6 is 23.2 Å². The Morgan fingerprint density at radius 2 is 1.80 bits per heavy atom. The maximum absolute atomic E-state index is 14.2. The lowest BCUT2D eigenvalue weighted by atomic mass is 10.0. The molecule has 1 aliphatic heterocycles. The van der Waals surface area contributed by atoms with Gasteiger partial charge in [0.2, 0.25) is 11.8 Å². The van der Waals surface area contributed by atoms with Crippen LogP contribution in [0.4, 0.5) is 11.6 Å². The number of hydrogen-bond acceptors (Lipinski definition) is 8. The van der Waals surface area contributed by atoms with Gasteiger partial charge in [-0.05, 0) is 30.7 Å². The summed E-state index contributed by atoms with van der Waals surface area (Å²) in [5.41, 5.74) is 2.27. The van der Waals surface area contributed by atoms with Crippen LogP contribution < -0.4 is 20.1 Å². The number of pyridine rings is 1. The van der Waals surface area contributed by atoms with Crippen molar-refractivity contribution in [3.63, 3.8) is 0 Å². The van der Waals surface area contributed by atoms with Crippen molar-refractivity contribution in [2.45, 2.75) is 19.0 Å². The molecule has 0 bridgehead atoms. The number of amides is 1. The van der Waals surface area contributed by atoms with Gasteiger partial charge in [0.25, 0.3) is 11.5 Å². The molecule has 0 radical (unpaired) electrons. The minimum atomic E-state index is -0.628. The lowest BCUT2D eigenvalue weighted by Crippen LogP contribution is -2.32. The van der Waals surface area contributed by atoms with E-state index in [1.807, 2.05) is 37.7 Å². The molecule has 1 aliphatic rings. The Morgan fingerprint density at radius 3 is 2.41 bits per heavy atom. The molecule has 11 nitrogen and oxygen atoms in total. The summed E-state index contributed by atoms with van der Waals surface area (Å²) in [7, 11) is 8.39. The third-order valence-corrected chi connectivity index (χ3v) is 7.42. The zero-order valence-electron chi connectivity index (χ0n) is 23.4. The molecule has 1 amide bonds. The van der Waals surface area contributed by atoms with Crippen molar-refractivity contribution < 1.29 is 14.3 Å². The molecular weight excluding hydrogens is 569 g/mol. The normalized spacial score (nSPS) is 15.3. The van der Waals surface area contributed by atoms with Crippen LogP contribution in [0.3, 0.4) is 0 Å². The summed E-state index contributed by atoms with van der Waals surface area (Å²) >= 11 is 12.5. The fraction of sp³-hybridized carbons (Fsp3) is 0.321. The Labute approximate surface area is 246 Å². The Kier molecular flexibility index (Phi) is 7.78. The molecular formula is C28H29Cl2N7O4. The van der Waals surface area contributed by atoms with Crippen LogP contribution in [-0.4, -0.2) is 64.9 Å². The number of hydrogen-bond donors (Lipinski definition) is 0. The first-order chi connectivity index (χ1) is 19.6. The highest BCUT2D eigenvalue weighted by Crippen LogP contribution is 2.45. The van der Waals surface area contributed by atoms with E-state index in [0.717, 1.165) is 5.56 Å². The Morgan fingerprint density at radius 1 is 1.10 bits per heavy atom. The van der Waals surface area contributed by atoms with E-state index < -0.39 is 6.04 Å². The van der Waals surface area contributed by atoms with Gasteiger partial charge in [-0.25, -0.2) is 9.97 Å². The molecule has 0 fully saturated rings. The minimum absolute atomic E-state index is 0.00335. The van der Waals surface area contributed by atoms with Crippen molar-refractivity contribution in [2.75, 3.05) is 44.7 Å². The first-order valence-electron chi connectivity index (χ1n) is 12.7. The van der Waals surface area contributed by atoms with Gasteiger partial charge in [0.15, 0.2) is 5.69 Å². The number of imidazole rings is 1. The molecule has 2 unspecified atom stereocenters. The van der Waals surface area contributed by atoms with E-state index in [4.69, 9.17) is 37.7 Å². The van der Waals surface area contributed by atoms with E-state index in [0.29, 0.717) is 46.2 Å². The number of methoxy groups -OCH3 is 2. The summed E-state index contributed by atoms with van der Waals surface area (Å²) in [6, 6.07) is 7.87. The average molecular weight is 598 g/mol. The second kappa shape index (κ2) is 11.2. The predicted octanol–water partition coefficient (Wildman–Crippen LogP) is 4.38. The van der Waals surface area contributed by atoms with Gasteiger partial charge < -0.3 is 23.5 Å². The zero-order chi connectivity index (χ0) is 29.6. The molecule has 214 valence electrons. The molecule has 0 spiro atoms. The second-order valence-corrected chi connectivity index (χ2v) is 10.8. The number of carbonyl (C=O) groups excluding carboxylic acids is 1. The van der Waals surface area contributed by atoms with Gasteiger partial charge in [0, 0.05) is 45.7 Å². The van der Waals surface area contributed by atoms with Crippen molar-refractivity contribution in [2.24, 2.45) is 7.05 Å². The molecule has 2 atom stereocenters. The number of ether oxygens (including phenoxy) is 2. The van der Waals surface area contributed by atoms with Gasteiger partial charge in [-0.15, -0.1) is 0 Å². The van der Waals surface area contributed by atoms with Gasteiger partial charge >= 0.3 is 0 Å². The number of aryl methyl sites for hydroxylation is 1. The molecule has 0 saturated carbocycles. The number of aromatic nitrogens is 5. The number of rotatable bonds is 8. The Bertz CT molecular complexity index is 1660. The summed E-state index contributed by atoms with van der Waals surface area (Å²) in [4.78, 5) is 43.9. The van der Waals surface area contributed by atoms with E-state index in [1.54, 1.807) is 48.5 Å². The third kappa shape index (κ3) is 4.94. The van der Waals surface area contributed by atoms with Crippen molar-refractivity contribution >= 4 is 40.7 Å². The summed E-state index contributed by atoms with van der Waals surface area (Å²) in [5, 5.41) is 0.552. The highest BCUT2D eigenvalue weighted by atomic mass is 35.5. The molecule has 3 aromatic heterocycles. The van der Waals surface area contributed by atoms with Crippen molar-refractivity contribution in [1.82, 2.24) is 24.1 Å². The molecule has 41 heavy (non-hydrogen) atoms. The van der Waals surface area contributed by atoms with Crippen molar-refractivity contribution in [3.8, 4) is 17.3 Å². The van der Waals surface area contributed by atoms with E-state index in [2.05, 4.69) is 9.97 Å². The molecule has 0 N–H and O–H groups in total. The number of halogens is 2. The molecule has 4 heterocycles. The lowest BCUT2D eigenvalue weighted by molar-refractivity contribution is 0.0989. The summed E-state index contributed by atoms with van der Waals surface area (Å²) in [6.07, 6.45) is 3.22. The van der Waals surface area contributed by atoms with Crippen LogP contribution in [0.2, 0.25) is 10.0 Å². The number of nitrogens with zero attached hydrogens (tertiary/aromatic N) is 7. The zero-order valence-corrected chi connectivity index (χ0v) is 24.9. The van der Waals surface area contributed by atoms with Crippen LogP contribution in [0.15, 0.2) is 47.5 Å². The van der Waals surface area contributed by atoms with Crippen LogP contribution in [0, 0.1) is 0 Å². The highest BCUT2D eigenvalue weighted by molar-refractivity contribution is 6.31. The van der Waals surface area contributed by atoms with Crippen LogP contribution in [-0.2, 0) is 11.8 Å². The first kappa shape index (κ1) is 28.6. The predicted molar refractivity (Wildman–Crippen MR) is 158 cm³/mol. The molecule has 0 saturated heterocycles. The lowest BCUT2D eigenvalue weighted by Gasteiger charge is -2.29. The average Bonchev–Trinajstić information content (AvgIpc) is 3.46. The molecule has 13 heteroatoms. The largest absolute Gasteiger partial charge is 0.480 e. The smallest absolute Gasteiger partial charge is 0.279 e. The maximum atomic E-state index is 14.2. The van der Waals surface area contributed by atoms with Gasteiger partial charge in [-0.3, -0.25) is 14.5 Å². The summed E-state index contributed by atoms with van der Waals surface area (Å²) < 4.78 is 14.5. The van der Waals surface area contributed by atoms with E-state index in [-0.39, 0.29) is 28.2 Å². The third-order valence-electron chi connectivity index (χ3n) is 6.90. The number of benzene rings is 1. The van der Waals surface area contributed by atoms with Crippen molar-refractivity contribution in [3.05, 3.63) is 80.1 Å². The standard InChI is InChI=1S/C28H29Cl2N7O4/c1-15(14-40-5)36-23-21(32-24(36)19-12-31-28(34(2)3)33-25(19)41-6)27(39)37(18-11-20(30)26(38)35(4)13-18)22(23)16-7-9-17(29)10-8-16/h7-13,15,22H,14H2,1-6H3. The SMILES string of the molecule is COCC(C)n1c(-c2cnc(N(C)C)nc2OC)nc2c1C(c1ccc(Cl)cc1)N(c1cc(Cl)c(=O)n(C)c1)C2=O. The van der Waals surface area contributed by atoms with Crippen LogP contribution in [0.5, 0.6) is 5.88 Å². The summed E-state index contributed by atoms with van der Waals surface area (Å²) in [6.45, 7) is 2.31. The van der Waals surface area contributed by atoms with Crippen molar-refractivity contribution in [1.29, 1.82) is 0 Å². The fourth-order valence-electron chi connectivity index (χ4n) is 5.06. The van der Waals surface area contributed by atoms with E-state index in [9.17, 15) is 9.59 Å². The highest BCUT2D eigenvalue weighted by Gasteiger charge is 2.45.